The molecular weight excluding hydrogens is 550 g/mol. The number of hydrogen-bond donors (Lipinski definition) is 7. The van der Waals surface area contributed by atoms with E-state index in [0.717, 1.165) is 0 Å². The zero-order valence-corrected chi connectivity index (χ0v) is 24.8. The maximum atomic E-state index is 13.4. The minimum atomic E-state index is -2.12. The number of benzene rings is 1. The van der Waals surface area contributed by atoms with E-state index < -0.39 is 66.1 Å². The first-order valence-corrected chi connectivity index (χ1v) is 13.7. The highest BCUT2D eigenvalue weighted by Crippen LogP contribution is 2.15. The van der Waals surface area contributed by atoms with Crippen LogP contribution < -0.4 is 27.0 Å². The van der Waals surface area contributed by atoms with E-state index >= 15 is 0 Å². The van der Waals surface area contributed by atoms with E-state index in [4.69, 9.17) is 15.2 Å². The quantitative estimate of drug-likeness (QED) is 0.0600. The lowest BCUT2D eigenvalue weighted by molar-refractivity contribution is -0.343. The van der Waals surface area contributed by atoms with Crippen LogP contribution in [0.1, 0.15) is 52.0 Å². The van der Waals surface area contributed by atoms with Gasteiger partial charge in [0.25, 0.3) is 5.97 Å². The Labute approximate surface area is 246 Å². The summed E-state index contributed by atoms with van der Waals surface area (Å²) in [4.78, 5) is 63.2. The molecule has 0 saturated heterocycles. The summed E-state index contributed by atoms with van der Waals surface area (Å²) < 4.78 is 9.70. The molecule has 0 heterocycles. The second-order valence-corrected chi connectivity index (χ2v) is 10.3. The number of aromatic hydroxyl groups is 1. The summed E-state index contributed by atoms with van der Waals surface area (Å²) in [7, 11) is 2.34. The average Bonchev–Trinajstić information content (AvgIpc) is 2.94. The van der Waals surface area contributed by atoms with Crippen molar-refractivity contribution in [1.82, 2.24) is 21.3 Å². The van der Waals surface area contributed by atoms with Gasteiger partial charge in [-0.3, -0.25) is 19.2 Å². The fourth-order valence-corrected chi connectivity index (χ4v) is 4.08. The lowest BCUT2D eigenvalue weighted by Gasteiger charge is -2.29. The van der Waals surface area contributed by atoms with Gasteiger partial charge in [-0.1, -0.05) is 26.0 Å². The Hall–Kier alpha value is -3.59. The van der Waals surface area contributed by atoms with Gasteiger partial charge < -0.3 is 51.5 Å². The second kappa shape index (κ2) is 18.1. The Morgan fingerprint density at radius 1 is 0.929 bits per heavy atom. The van der Waals surface area contributed by atoms with Crippen molar-refractivity contribution in [1.29, 1.82) is 0 Å². The van der Waals surface area contributed by atoms with E-state index in [9.17, 15) is 34.2 Å². The first kappa shape index (κ1) is 36.4. The molecule has 8 N–H and O–H groups in total. The van der Waals surface area contributed by atoms with Crippen LogP contribution >= 0.6 is 0 Å². The van der Waals surface area contributed by atoms with Gasteiger partial charge in [-0.15, -0.1) is 0 Å². The first-order chi connectivity index (χ1) is 19.8. The molecule has 0 aliphatic rings. The van der Waals surface area contributed by atoms with E-state index in [1.165, 1.54) is 33.3 Å². The van der Waals surface area contributed by atoms with E-state index in [-0.39, 0.29) is 18.6 Å². The summed E-state index contributed by atoms with van der Waals surface area (Å²) in [5.41, 5.74) is 6.25. The Kier molecular flexibility index (Phi) is 15.7. The number of amides is 4. The number of unbranched alkanes of at least 4 members (excludes halogenated alkanes) is 1. The van der Waals surface area contributed by atoms with Crippen LogP contribution in [0.2, 0.25) is 0 Å². The molecule has 0 saturated carbocycles. The fourth-order valence-electron chi connectivity index (χ4n) is 4.08. The fraction of sp³-hybridized carbons (Fsp3) is 0.607. The monoisotopic (exact) mass is 595 g/mol. The van der Waals surface area contributed by atoms with Gasteiger partial charge in [-0.05, 0) is 49.4 Å². The van der Waals surface area contributed by atoms with Gasteiger partial charge in [0, 0.05) is 27.6 Å². The summed E-state index contributed by atoms with van der Waals surface area (Å²) in [5, 5.41) is 30.1. The van der Waals surface area contributed by atoms with Crippen LogP contribution in [-0.2, 0) is 39.9 Å². The van der Waals surface area contributed by atoms with E-state index in [0.29, 0.717) is 31.2 Å². The molecule has 1 aromatic rings. The molecule has 1 unspecified atom stereocenters. The number of methoxy groups -OCH3 is 2. The number of carbonyl (C=O) groups is 5. The van der Waals surface area contributed by atoms with Crippen molar-refractivity contribution in [2.24, 2.45) is 11.7 Å². The van der Waals surface area contributed by atoms with Crippen LogP contribution in [0.3, 0.4) is 0 Å². The number of phenolic OH excluding ortho intramolecular Hbond substituents is 1. The number of aliphatic hydroxyl groups is 1. The number of nitrogens with one attached hydrogen (secondary N) is 4. The van der Waals surface area contributed by atoms with Crippen molar-refractivity contribution in [2.45, 2.75) is 83.0 Å². The summed E-state index contributed by atoms with van der Waals surface area (Å²) in [6.07, 6.45) is 1.35. The van der Waals surface area contributed by atoms with Crippen LogP contribution in [0.25, 0.3) is 0 Å². The minimum absolute atomic E-state index is 0.0495. The third-order valence-electron chi connectivity index (χ3n) is 6.50. The van der Waals surface area contributed by atoms with E-state index in [2.05, 4.69) is 21.3 Å². The van der Waals surface area contributed by atoms with Crippen molar-refractivity contribution in [3.63, 3.8) is 0 Å². The van der Waals surface area contributed by atoms with Crippen molar-refractivity contribution in [3.05, 3.63) is 29.8 Å². The van der Waals surface area contributed by atoms with Crippen molar-refractivity contribution in [3.8, 4) is 5.75 Å². The normalized spacial score (nSPS) is 14.3. The van der Waals surface area contributed by atoms with Gasteiger partial charge in [0.2, 0.25) is 23.6 Å². The number of aldehydes is 1. The molecule has 0 bridgehead atoms. The molecule has 0 aromatic heterocycles. The summed E-state index contributed by atoms with van der Waals surface area (Å²) >= 11 is 0. The third-order valence-corrected chi connectivity index (χ3v) is 6.50. The molecule has 0 aliphatic carbocycles. The number of rotatable bonds is 19. The molecule has 14 nitrogen and oxygen atoms in total. The van der Waals surface area contributed by atoms with Crippen molar-refractivity contribution in [2.75, 3.05) is 20.8 Å². The third kappa shape index (κ3) is 12.5. The number of phenols is 1. The molecular formula is C28H45N5O9. The van der Waals surface area contributed by atoms with Crippen molar-refractivity contribution < 1.29 is 43.7 Å². The minimum Gasteiger partial charge on any atom is -0.508 e. The largest absolute Gasteiger partial charge is 0.508 e. The second-order valence-electron chi connectivity index (χ2n) is 10.3. The molecule has 1 aromatic carbocycles. The van der Waals surface area contributed by atoms with Gasteiger partial charge in [0.05, 0.1) is 12.5 Å². The zero-order valence-electron chi connectivity index (χ0n) is 24.8. The molecule has 4 atom stereocenters. The van der Waals surface area contributed by atoms with Crippen LogP contribution in [0, 0.1) is 5.92 Å². The molecule has 236 valence electrons. The molecule has 0 fully saturated rings. The van der Waals surface area contributed by atoms with Crippen LogP contribution in [0.5, 0.6) is 5.75 Å². The zero-order chi connectivity index (χ0) is 31.9. The standard InChI is InChI=1S/C28H45N5O9/c1-17(2)24(33-26(38)23(30-18(3)35)14-19-9-11-21(36)12-10-19)27(39)32-22(8-6-7-13-29)25(37)31-20(16-34)15-28(40,41-4)42-5/h9-12,16-17,20,22-24,36,40H,6-8,13-15,29H2,1-5H3,(H,30,35)(H,31,37)(H,32,39)(H,33,38)/t20?,22-,23-,24-/m0/s1. The van der Waals surface area contributed by atoms with Crippen LogP contribution in [-0.4, -0.2) is 91.0 Å². The molecule has 4 amide bonds. The highest BCUT2D eigenvalue weighted by Gasteiger charge is 2.34. The Balaban J connectivity index is 3.09. The SMILES string of the molecule is COC(O)(CC(C=O)NC(=O)[C@H](CCCCN)NC(=O)[C@@H](NC(=O)[C@H](Cc1ccc(O)cc1)NC(C)=O)C(C)C)OC. The number of ether oxygens (including phenoxy) is 2. The van der Waals surface area contributed by atoms with Gasteiger partial charge in [0.15, 0.2) is 0 Å². The number of nitrogens with two attached hydrogens (primary N) is 1. The summed E-state index contributed by atoms with van der Waals surface area (Å²) in [5.74, 6) is -4.88. The van der Waals surface area contributed by atoms with Gasteiger partial charge in [-0.25, -0.2) is 0 Å². The average molecular weight is 596 g/mol. The van der Waals surface area contributed by atoms with Crippen LogP contribution in [0.15, 0.2) is 24.3 Å². The maximum Gasteiger partial charge on any atom is 0.282 e. The van der Waals surface area contributed by atoms with Gasteiger partial charge in [0.1, 0.15) is 30.2 Å². The molecule has 14 heteroatoms. The smallest absolute Gasteiger partial charge is 0.282 e. The topological polar surface area (TPSA) is 218 Å². The highest BCUT2D eigenvalue weighted by molar-refractivity contribution is 5.94. The summed E-state index contributed by atoms with van der Waals surface area (Å²) in [6.45, 7) is 5.05. The summed E-state index contributed by atoms with van der Waals surface area (Å²) in [6, 6.07) is 1.76. The van der Waals surface area contributed by atoms with Crippen LogP contribution in [0.4, 0.5) is 0 Å². The van der Waals surface area contributed by atoms with Gasteiger partial charge >= 0.3 is 0 Å². The van der Waals surface area contributed by atoms with Gasteiger partial charge in [-0.2, -0.15) is 0 Å². The lowest BCUT2D eigenvalue weighted by atomic mass is 9.99. The lowest BCUT2D eigenvalue weighted by Crippen LogP contribution is -2.59. The maximum absolute atomic E-state index is 13.4. The molecule has 0 spiro atoms. The van der Waals surface area contributed by atoms with Crippen molar-refractivity contribution >= 4 is 29.9 Å². The Morgan fingerprint density at radius 3 is 2.02 bits per heavy atom. The number of carbonyl (C=O) groups excluding carboxylic acids is 5. The molecule has 42 heavy (non-hydrogen) atoms. The van der Waals surface area contributed by atoms with E-state index in [1.54, 1.807) is 26.0 Å². The Bertz CT molecular complexity index is 1030. The molecule has 0 aliphatic heterocycles. The first-order valence-electron chi connectivity index (χ1n) is 13.7. The molecule has 1 rings (SSSR count). The molecule has 0 radical (unpaired) electrons. The van der Waals surface area contributed by atoms with E-state index in [1.807, 2.05) is 0 Å². The Morgan fingerprint density at radius 2 is 1.52 bits per heavy atom. The predicted octanol–water partition coefficient (Wildman–Crippen LogP) is -0.793. The highest BCUT2D eigenvalue weighted by atomic mass is 16.8. The number of hydrogen-bond acceptors (Lipinski definition) is 10. The predicted molar refractivity (Wildman–Crippen MR) is 153 cm³/mol.